The molecule has 0 fully saturated rings. The van der Waals surface area contributed by atoms with Gasteiger partial charge in [-0.05, 0) is 84.9 Å². The second-order valence-electron chi connectivity index (χ2n) is 11.8. The van der Waals surface area contributed by atoms with Crippen LogP contribution in [0, 0.1) is 0 Å². The summed E-state index contributed by atoms with van der Waals surface area (Å²) in [4.78, 5) is 2.42. The first-order chi connectivity index (χ1) is 23.3. The maximum atomic E-state index is 5.60. The van der Waals surface area contributed by atoms with Crippen LogP contribution in [0.25, 0.3) is 55.0 Å². The molecule has 0 amide bonds. The van der Waals surface area contributed by atoms with E-state index < -0.39 is 0 Å². The Labute approximate surface area is 272 Å². The predicted octanol–water partition coefficient (Wildman–Crippen LogP) is 11.4. The number of ether oxygens (including phenoxy) is 1. The molecular weight excluding hydrogens is 574 g/mol. The number of hydrogen-bond donors (Lipinski definition) is 0. The van der Waals surface area contributed by atoms with Crippen LogP contribution < -0.4 is 9.64 Å². The average molecular weight is 606 g/mol. The second-order valence-corrected chi connectivity index (χ2v) is 11.8. The number of anilines is 3. The van der Waals surface area contributed by atoms with E-state index in [1.807, 2.05) is 12.1 Å². The molecule has 9 aromatic rings. The summed E-state index contributed by atoms with van der Waals surface area (Å²) < 4.78 is 10.4. The summed E-state index contributed by atoms with van der Waals surface area (Å²) in [6.07, 6.45) is 0. The highest BCUT2D eigenvalue weighted by molar-refractivity contribution is 6.20. The van der Waals surface area contributed by atoms with Gasteiger partial charge < -0.3 is 18.8 Å². The molecule has 0 saturated carbocycles. The Morgan fingerprint density at radius 3 is 1.30 bits per heavy atom. The van der Waals surface area contributed by atoms with Crippen molar-refractivity contribution in [1.29, 1.82) is 0 Å². The first kappa shape index (κ1) is 27.1. The molecule has 47 heavy (non-hydrogen) atoms. The van der Waals surface area contributed by atoms with Gasteiger partial charge in [-0.2, -0.15) is 0 Å². The van der Waals surface area contributed by atoms with Crippen LogP contribution in [-0.2, 0) is 0 Å². The normalized spacial score (nSPS) is 11.5. The molecule has 9 rings (SSSR count). The van der Waals surface area contributed by atoms with Gasteiger partial charge in [0.15, 0.2) is 0 Å². The molecule has 0 saturated heterocycles. The van der Waals surface area contributed by atoms with Gasteiger partial charge in [-0.15, -0.1) is 0 Å². The molecule has 0 bridgehead atoms. The summed E-state index contributed by atoms with van der Waals surface area (Å²) in [5, 5.41) is 4.82. The Bertz CT molecular complexity index is 2390. The van der Waals surface area contributed by atoms with Crippen molar-refractivity contribution in [2.75, 3.05) is 12.0 Å². The summed E-state index contributed by atoms with van der Waals surface area (Å²) in [6, 6.07) is 60.5. The molecule has 0 radical (unpaired) electrons. The van der Waals surface area contributed by atoms with Gasteiger partial charge in [-0.1, -0.05) is 84.9 Å². The third kappa shape index (κ3) is 4.23. The zero-order valence-electron chi connectivity index (χ0n) is 25.9. The molecule has 0 aliphatic rings. The van der Waals surface area contributed by atoms with Crippen LogP contribution in [0.5, 0.6) is 5.75 Å². The minimum absolute atomic E-state index is 0.825. The van der Waals surface area contributed by atoms with Crippen molar-refractivity contribution in [2.24, 2.45) is 0 Å². The lowest BCUT2D eigenvalue weighted by Crippen LogP contribution is -2.11. The van der Waals surface area contributed by atoms with Gasteiger partial charge >= 0.3 is 0 Å². The van der Waals surface area contributed by atoms with E-state index in [9.17, 15) is 0 Å². The quantitative estimate of drug-likeness (QED) is 0.188. The number of benzene rings is 7. The van der Waals surface area contributed by atoms with Crippen molar-refractivity contribution < 1.29 is 4.74 Å². The standard InChI is InChI=1S/C43H31N3O/c1-47-33-28-26-32(27-29-33)46(40-24-12-22-38-42(40)34-18-8-10-20-36(34)44(38)30-14-4-2-5-15-30)41-25-13-23-39-43(41)35-19-9-11-21-37(35)45(39)31-16-6-3-7-17-31/h2-29H,1H3. The zero-order chi connectivity index (χ0) is 31.3. The van der Waals surface area contributed by atoms with E-state index in [2.05, 4.69) is 172 Å². The number of aromatic nitrogens is 2. The summed E-state index contributed by atoms with van der Waals surface area (Å²) in [5.74, 6) is 0.825. The monoisotopic (exact) mass is 605 g/mol. The fourth-order valence-corrected chi connectivity index (χ4v) is 7.22. The van der Waals surface area contributed by atoms with Crippen molar-refractivity contribution >= 4 is 60.7 Å². The molecule has 0 aliphatic heterocycles. The molecule has 7 aromatic carbocycles. The Morgan fingerprint density at radius 2 is 0.830 bits per heavy atom. The van der Waals surface area contributed by atoms with Gasteiger partial charge in [-0.3, -0.25) is 0 Å². The number of nitrogens with zero attached hydrogens (tertiary/aromatic N) is 3. The van der Waals surface area contributed by atoms with Crippen LogP contribution in [0.2, 0.25) is 0 Å². The van der Waals surface area contributed by atoms with Gasteiger partial charge in [0.25, 0.3) is 0 Å². The van der Waals surface area contributed by atoms with Crippen molar-refractivity contribution in [3.8, 4) is 17.1 Å². The van der Waals surface area contributed by atoms with E-state index >= 15 is 0 Å². The van der Waals surface area contributed by atoms with Gasteiger partial charge in [0.05, 0.1) is 40.6 Å². The lowest BCUT2D eigenvalue weighted by Gasteiger charge is -2.27. The Hall–Kier alpha value is -6.26. The van der Waals surface area contributed by atoms with Crippen molar-refractivity contribution in [2.45, 2.75) is 0 Å². The molecule has 4 nitrogen and oxygen atoms in total. The van der Waals surface area contributed by atoms with E-state index in [1.165, 1.54) is 32.6 Å². The van der Waals surface area contributed by atoms with Gasteiger partial charge in [0.2, 0.25) is 0 Å². The Morgan fingerprint density at radius 1 is 0.404 bits per heavy atom. The number of fused-ring (bicyclic) bond motifs is 6. The van der Waals surface area contributed by atoms with Crippen LogP contribution in [0.15, 0.2) is 170 Å². The molecule has 0 N–H and O–H groups in total. The number of methoxy groups -OCH3 is 1. The number of para-hydroxylation sites is 4. The maximum Gasteiger partial charge on any atom is 0.119 e. The predicted molar refractivity (Wildman–Crippen MR) is 196 cm³/mol. The number of hydrogen-bond acceptors (Lipinski definition) is 2. The minimum atomic E-state index is 0.825. The van der Waals surface area contributed by atoms with Crippen molar-refractivity contribution in [3.05, 3.63) is 170 Å². The minimum Gasteiger partial charge on any atom is -0.497 e. The van der Waals surface area contributed by atoms with E-state index in [0.29, 0.717) is 0 Å². The number of rotatable bonds is 6. The smallest absolute Gasteiger partial charge is 0.119 e. The van der Waals surface area contributed by atoms with Gasteiger partial charge in [0.1, 0.15) is 5.75 Å². The van der Waals surface area contributed by atoms with E-state index in [4.69, 9.17) is 4.74 Å². The maximum absolute atomic E-state index is 5.60. The van der Waals surface area contributed by atoms with Crippen molar-refractivity contribution in [1.82, 2.24) is 9.13 Å². The van der Waals surface area contributed by atoms with E-state index in [-0.39, 0.29) is 0 Å². The topological polar surface area (TPSA) is 22.3 Å². The fraction of sp³-hybridized carbons (Fsp3) is 0.0233. The summed E-state index contributed by atoms with van der Waals surface area (Å²) in [5.41, 5.74) is 10.2. The third-order valence-corrected chi connectivity index (χ3v) is 9.19. The molecule has 0 atom stereocenters. The van der Waals surface area contributed by atoms with Crippen LogP contribution >= 0.6 is 0 Å². The molecule has 0 aliphatic carbocycles. The molecule has 4 heteroatoms. The zero-order valence-corrected chi connectivity index (χ0v) is 25.9. The summed E-state index contributed by atoms with van der Waals surface area (Å²) >= 11 is 0. The highest BCUT2D eigenvalue weighted by Gasteiger charge is 2.24. The summed E-state index contributed by atoms with van der Waals surface area (Å²) in [6.45, 7) is 0. The molecule has 0 unspecified atom stereocenters. The molecular formula is C43H31N3O. The van der Waals surface area contributed by atoms with Gasteiger partial charge in [-0.25, -0.2) is 0 Å². The Kier molecular flexibility index (Phi) is 6.32. The molecule has 2 aromatic heterocycles. The second kappa shape index (κ2) is 11.0. The van der Waals surface area contributed by atoms with E-state index in [0.717, 1.165) is 45.2 Å². The Balaban J connectivity index is 1.41. The lowest BCUT2D eigenvalue weighted by molar-refractivity contribution is 0.415. The van der Waals surface area contributed by atoms with E-state index in [1.54, 1.807) is 7.11 Å². The average Bonchev–Trinajstić information content (AvgIpc) is 3.67. The lowest BCUT2D eigenvalue weighted by atomic mass is 10.1. The van der Waals surface area contributed by atoms with Crippen LogP contribution in [0.3, 0.4) is 0 Å². The summed E-state index contributed by atoms with van der Waals surface area (Å²) in [7, 11) is 1.71. The first-order valence-corrected chi connectivity index (χ1v) is 15.9. The van der Waals surface area contributed by atoms with Crippen molar-refractivity contribution in [3.63, 3.8) is 0 Å². The highest BCUT2D eigenvalue weighted by Crippen LogP contribution is 2.47. The largest absolute Gasteiger partial charge is 0.497 e. The fourth-order valence-electron chi connectivity index (χ4n) is 7.22. The highest BCUT2D eigenvalue weighted by atomic mass is 16.5. The third-order valence-electron chi connectivity index (χ3n) is 9.19. The first-order valence-electron chi connectivity index (χ1n) is 15.9. The molecule has 2 heterocycles. The van der Waals surface area contributed by atoms with Crippen LogP contribution in [-0.4, -0.2) is 16.2 Å². The van der Waals surface area contributed by atoms with Crippen LogP contribution in [0.1, 0.15) is 0 Å². The molecule has 0 spiro atoms. The van der Waals surface area contributed by atoms with Gasteiger partial charge in [0, 0.05) is 38.6 Å². The molecule has 224 valence electrons. The van der Waals surface area contributed by atoms with Crippen LogP contribution in [0.4, 0.5) is 17.1 Å². The SMILES string of the molecule is COc1ccc(N(c2cccc3c2c2ccccc2n3-c2ccccc2)c2cccc3c2c2ccccc2n3-c2ccccc2)cc1.